The highest BCUT2D eigenvalue weighted by Crippen LogP contribution is 2.15. The van der Waals surface area contributed by atoms with Crippen molar-refractivity contribution in [2.45, 2.75) is 65.0 Å². The number of rotatable bonds is 12. The van der Waals surface area contributed by atoms with Gasteiger partial charge in [-0.25, -0.2) is 0 Å². The predicted molar refractivity (Wildman–Crippen MR) is 84.5 cm³/mol. The van der Waals surface area contributed by atoms with E-state index in [0.717, 1.165) is 19.4 Å². The van der Waals surface area contributed by atoms with E-state index in [1.54, 1.807) is 7.11 Å². The van der Waals surface area contributed by atoms with Crippen LogP contribution in [0.15, 0.2) is 0 Å². The van der Waals surface area contributed by atoms with Crippen molar-refractivity contribution in [3.8, 4) is 0 Å². The lowest BCUT2D eigenvalue weighted by Crippen LogP contribution is -2.51. The van der Waals surface area contributed by atoms with Gasteiger partial charge in [0.2, 0.25) is 0 Å². The normalized spacial score (nSPS) is 14.8. The Morgan fingerprint density at radius 2 is 1.71 bits per heavy atom. The van der Waals surface area contributed by atoms with Crippen LogP contribution in [0, 0.1) is 0 Å². The van der Waals surface area contributed by atoms with Crippen LogP contribution in [0.1, 0.15) is 53.9 Å². The van der Waals surface area contributed by atoms with Crippen LogP contribution in [0.3, 0.4) is 0 Å². The number of hydrogen-bond donors (Lipinski definition) is 1. The Balaban J connectivity index is 4.21. The first kappa shape index (κ1) is 20.3. The van der Waals surface area contributed by atoms with E-state index in [1.807, 2.05) is 27.7 Å². The summed E-state index contributed by atoms with van der Waals surface area (Å²) >= 11 is 0. The molecule has 0 amide bonds. The molecule has 0 aliphatic rings. The second-order valence-corrected chi connectivity index (χ2v) is 6.06. The maximum Gasteiger partial charge on any atom is 0.326 e. The minimum Gasteiger partial charge on any atom is -0.465 e. The van der Waals surface area contributed by atoms with Gasteiger partial charge >= 0.3 is 5.97 Å². The first-order valence-corrected chi connectivity index (χ1v) is 7.86. The first-order chi connectivity index (χ1) is 9.81. The Morgan fingerprint density at radius 1 is 1.10 bits per heavy atom. The third-order valence-electron chi connectivity index (χ3n) is 3.64. The van der Waals surface area contributed by atoms with Gasteiger partial charge in [-0.2, -0.15) is 0 Å². The van der Waals surface area contributed by atoms with Crippen molar-refractivity contribution >= 4 is 5.97 Å². The molecule has 21 heavy (non-hydrogen) atoms. The van der Waals surface area contributed by atoms with Crippen molar-refractivity contribution in [2.24, 2.45) is 0 Å². The van der Waals surface area contributed by atoms with Gasteiger partial charge in [-0.15, -0.1) is 0 Å². The quantitative estimate of drug-likeness (QED) is 0.443. The largest absolute Gasteiger partial charge is 0.465 e. The lowest BCUT2D eigenvalue weighted by atomic mass is 9.98. The highest BCUT2D eigenvalue weighted by Gasteiger charge is 2.33. The summed E-state index contributed by atoms with van der Waals surface area (Å²) in [5, 5.41) is 3.27. The van der Waals surface area contributed by atoms with Crippen molar-refractivity contribution < 1.29 is 19.0 Å². The molecule has 0 bridgehead atoms. The monoisotopic (exact) mass is 303 g/mol. The molecule has 5 heteroatoms. The molecule has 0 heterocycles. The maximum absolute atomic E-state index is 12.1. The van der Waals surface area contributed by atoms with E-state index < -0.39 is 5.54 Å². The summed E-state index contributed by atoms with van der Waals surface area (Å²) in [4.78, 5) is 12.1. The zero-order valence-corrected chi connectivity index (χ0v) is 14.6. The van der Waals surface area contributed by atoms with Crippen molar-refractivity contribution in [3.63, 3.8) is 0 Å². The van der Waals surface area contributed by atoms with E-state index in [4.69, 9.17) is 14.2 Å². The summed E-state index contributed by atoms with van der Waals surface area (Å²) in [7, 11) is 1.70. The van der Waals surface area contributed by atoms with Gasteiger partial charge in [0.25, 0.3) is 0 Å². The second-order valence-electron chi connectivity index (χ2n) is 6.06. The lowest BCUT2D eigenvalue weighted by Gasteiger charge is -2.29. The van der Waals surface area contributed by atoms with Crippen LogP contribution < -0.4 is 5.32 Å². The second kappa shape index (κ2) is 10.1. The van der Waals surface area contributed by atoms with Crippen LogP contribution in [0.2, 0.25) is 0 Å². The number of esters is 1. The minimum atomic E-state index is -0.678. The molecule has 0 aromatic heterocycles. The lowest BCUT2D eigenvalue weighted by molar-refractivity contribution is -0.151. The van der Waals surface area contributed by atoms with Gasteiger partial charge in [-0.3, -0.25) is 4.79 Å². The Hall–Kier alpha value is -0.650. The number of hydrogen-bond acceptors (Lipinski definition) is 5. The fraction of sp³-hybridized carbons (Fsp3) is 0.938. The number of carbonyl (C=O) groups excluding carboxylic acids is 1. The van der Waals surface area contributed by atoms with E-state index in [9.17, 15) is 4.79 Å². The summed E-state index contributed by atoms with van der Waals surface area (Å²) in [6, 6.07) is 0. The topological polar surface area (TPSA) is 56.8 Å². The number of ether oxygens (including phenoxy) is 3. The van der Waals surface area contributed by atoms with Gasteiger partial charge in [0.05, 0.1) is 12.2 Å². The third kappa shape index (κ3) is 8.39. The van der Waals surface area contributed by atoms with Crippen LogP contribution >= 0.6 is 0 Å². The molecule has 1 N–H and O–H groups in total. The summed E-state index contributed by atoms with van der Waals surface area (Å²) in [6.07, 6.45) is 2.39. The molecule has 0 spiro atoms. The summed E-state index contributed by atoms with van der Waals surface area (Å²) < 4.78 is 16.1. The molecule has 0 saturated carbocycles. The molecular weight excluding hydrogens is 270 g/mol. The molecule has 5 nitrogen and oxygen atoms in total. The third-order valence-corrected chi connectivity index (χ3v) is 3.64. The minimum absolute atomic E-state index is 0.176. The zero-order chi connectivity index (χ0) is 16.4. The first-order valence-electron chi connectivity index (χ1n) is 7.86. The zero-order valence-electron chi connectivity index (χ0n) is 14.6. The number of carbonyl (C=O) groups is 1. The van der Waals surface area contributed by atoms with Gasteiger partial charge < -0.3 is 19.5 Å². The fourth-order valence-corrected chi connectivity index (χ4v) is 1.75. The van der Waals surface area contributed by atoms with E-state index in [-0.39, 0.29) is 11.6 Å². The van der Waals surface area contributed by atoms with E-state index >= 15 is 0 Å². The number of nitrogens with one attached hydrogen (secondary N) is 1. The van der Waals surface area contributed by atoms with Gasteiger partial charge in [0, 0.05) is 20.3 Å². The van der Waals surface area contributed by atoms with E-state index in [0.29, 0.717) is 26.2 Å². The van der Waals surface area contributed by atoms with Crippen LogP contribution in [-0.2, 0) is 19.0 Å². The predicted octanol–water partition coefficient (Wildman–Crippen LogP) is 2.53. The molecule has 0 aliphatic heterocycles. The SMILES string of the molecule is CCCNC(C)(CCOCCC(C)(C)OC)C(=O)OCC. The standard InChI is InChI=1S/C16H33NO4/c1-7-11-17-16(5,14(18)21-8-2)10-13-20-12-9-15(3,4)19-6/h17H,7-13H2,1-6H3. The van der Waals surface area contributed by atoms with Crippen LogP contribution in [0.5, 0.6) is 0 Å². The maximum atomic E-state index is 12.1. The summed E-state index contributed by atoms with van der Waals surface area (Å²) in [6.45, 7) is 12.1. The highest BCUT2D eigenvalue weighted by atomic mass is 16.5. The molecule has 1 atom stereocenters. The fourth-order valence-electron chi connectivity index (χ4n) is 1.75. The molecule has 0 aliphatic carbocycles. The van der Waals surface area contributed by atoms with Crippen molar-refractivity contribution in [2.75, 3.05) is 33.5 Å². The van der Waals surface area contributed by atoms with Crippen LogP contribution in [-0.4, -0.2) is 50.6 Å². The molecule has 0 aromatic rings. The van der Waals surface area contributed by atoms with Crippen LogP contribution in [0.25, 0.3) is 0 Å². The summed E-state index contributed by atoms with van der Waals surface area (Å²) in [5.74, 6) is -0.209. The molecule has 1 unspecified atom stereocenters. The smallest absolute Gasteiger partial charge is 0.326 e. The molecule has 0 radical (unpaired) electrons. The van der Waals surface area contributed by atoms with E-state index in [1.165, 1.54) is 0 Å². The van der Waals surface area contributed by atoms with Crippen molar-refractivity contribution in [3.05, 3.63) is 0 Å². The Labute approximate surface area is 129 Å². The van der Waals surface area contributed by atoms with Crippen LogP contribution in [0.4, 0.5) is 0 Å². The average molecular weight is 303 g/mol. The number of methoxy groups -OCH3 is 1. The average Bonchev–Trinajstić information content (AvgIpc) is 2.45. The van der Waals surface area contributed by atoms with Gasteiger partial charge in [-0.1, -0.05) is 6.92 Å². The molecule has 0 rings (SSSR count). The highest BCUT2D eigenvalue weighted by molar-refractivity contribution is 5.80. The molecule has 0 aromatic carbocycles. The van der Waals surface area contributed by atoms with Gasteiger partial charge in [0.1, 0.15) is 5.54 Å². The Bertz CT molecular complexity index is 294. The molecule has 126 valence electrons. The Kier molecular flexibility index (Phi) is 9.83. The molecule has 0 fully saturated rings. The Morgan fingerprint density at radius 3 is 2.24 bits per heavy atom. The summed E-state index contributed by atoms with van der Waals surface area (Å²) in [5.41, 5.74) is -0.853. The van der Waals surface area contributed by atoms with Crippen molar-refractivity contribution in [1.29, 1.82) is 0 Å². The van der Waals surface area contributed by atoms with Gasteiger partial charge in [-0.05, 0) is 53.5 Å². The van der Waals surface area contributed by atoms with E-state index in [2.05, 4.69) is 12.2 Å². The molecule has 0 saturated heterocycles. The van der Waals surface area contributed by atoms with Crippen molar-refractivity contribution in [1.82, 2.24) is 5.32 Å². The molecular formula is C16H33NO4. The van der Waals surface area contributed by atoms with Gasteiger partial charge in [0.15, 0.2) is 0 Å².